The van der Waals surface area contributed by atoms with Gasteiger partial charge in [0.25, 0.3) is 0 Å². The van der Waals surface area contributed by atoms with Crippen molar-refractivity contribution in [2.75, 3.05) is 7.05 Å². The van der Waals surface area contributed by atoms with E-state index in [1.807, 2.05) is 0 Å². The molecule has 0 amide bonds. The number of nitrogens with zero attached hydrogens (tertiary/aromatic N) is 2. The zero-order valence-corrected chi connectivity index (χ0v) is 7.27. The summed E-state index contributed by atoms with van der Waals surface area (Å²) in [5, 5.41) is 11.4. The minimum Gasteiger partial charge on any atom is -0.480 e. The van der Waals surface area contributed by atoms with Crippen molar-refractivity contribution in [3.8, 4) is 0 Å². The van der Waals surface area contributed by atoms with Crippen molar-refractivity contribution < 1.29 is 9.90 Å². The van der Waals surface area contributed by atoms with Gasteiger partial charge in [0.15, 0.2) is 0 Å². The Balaban J connectivity index is 2.62. The summed E-state index contributed by atoms with van der Waals surface area (Å²) in [6.07, 6.45) is 5.03. The van der Waals surface area contributed by atoms with Crippen molar-refractivity contribution in [2.45, 2.75) is 12.5 Å². The first kappa shape index (κ1) is 9.60. The fraction of sp³-hybridized carbons (Fsp3) is 0.375. The van der Waals surface area contributed by atoms with Crippen molar-refractivity contribution in [3.63, 3.8) is 0 Å². The van der Waals surface area contributed by atoms with Crippen LogP contribution in [0.5, 0.6) is 0 Å². The molecule has 70 valence electrons. The maximum Gasteiger partial charge on any atom is 0.321 e. The van der Waals surface area contributed by atoms with Crippen molar-refractivity contribution in [1.29, 1.82) is 0 Å². The van der Waals surface area contributed by atoms with Crippen LogP contribution in [0.15, 0.2) is 18.7 Å². The molecule has 1 heterocycles. The summed E-state index contributed by atoms with van der Waals surface area (Å²) < 4.78 is 0. The van der Waals surface area contributed by atoms with Gasteiger partial charge < -0.3 is 10.4 Å². The Morgan fingerprint density at radius 1 is 1.62 bits per heavy atom. The van der Waals surface area contributed by atoms with Crippen LogP contribution >= 0.6 is 0 Å². The molecule has 0 saturated carbocycles. The van der Waals surface area contributed by atoms with Gasteiger partial charge in [0.2, 0.25) is 0 Å². The molecule has 0 radical (unpaired) electrons. The van der Waals surface area contributed by atoms with Gasteiger partial charge in [0.05, 0.1) is 0 Å². The van der Waals surface area contributed by atoms with Gasteiger partial charge in [-0.2, -0.15) is 0 Å². The van der Waals surface area contributed by atoms with Gasteiger partial charge in [-0.1, -0.05) is 0 Å². The van der Waals surface area contributed by atoms with E-state index in [2.05, 4.69) is 15.3 Å². The van der Waals surface area contributed by atoms with Crippen molar-refractivity contribution in [1.82, 2.24) is 15.3 Å². The first-order valence-corrected chi connectivity index (χ1v) is 3.88. The van der Waals surface area contributed by atoms with Gasteiger partial charge >= 0.3 is 5.97 Å². The smallest absolute Gasteiger partial charge is 0.321 e. The van der Waals surface area contributed by atoms with Crippen LogP contribution < -0.4 is 5.32 Å². The summed E-state index contributed by atoms with van der Waals surface area (Å²) in [5.41, 5.74) is 0.809. The Kier molecular flexibility index (Phi) is 3.33. The van der Waals surface area contributed by atoms with Crippen LogP contribution in [0.3, 0.4) is 0 Å². The maximum absolute atomic E-state index is 10.6. The first-order valence-electron chi connectivity index (χ1n) is 3.88. The van der Waals surface area contributed by atoms with E-state index in [1.165, 1.54) is 6.33 Å². The molecule has 0 bridgehead atoms. The van der Waals surface area contributed by atoms with E-state index in [1.54, 1.807) is 19.4 Å². The highest BCUT2D eigenvalue weighted by Gasteiger charge is 2.14. The molecule has 5 nitrogen and oxygen atoms in total. The first-order chi connectivity index (χ1) is 6.24. The largest absolute Gasteiger partial charge is 0.480 e. The van der Waals surface area contributed by atoms with Crippen LogP contribution in [-0.4, -0.2) is 34.1 Å². The number of hydrogen-bond donors (Lipinski definition) is 2. The molecule has 1 aromatic rings. The van der Waals surface area contributed by atoms with Crippen LogP contribution in [0.4, 0.5) is 0 Å². The highest BCUT2D eigenvalue weighted by Crippen LogP contribution is 1.99. The molecule has 0 aliphatic carbocycles. The fourth-order valence-corrected chi connectivity index (χ4v) is 0.984. The zero-order valence-electron chi connectivity index (χ0n) is 7.27. The monoisotopic (exact) mass is 181 g/mol. The van der Waals surface area contributed by atoms with Crippen LogP contribution in [0, 0.1) is 0 Å². The second-order valence-corrected chi connectivity index (χ2v) is 2.63. The van der Waals surface area contributed by atoms with E-state index in [4.69, 9.17) is 5.11 Å². The second kappa shape index (κ2) is 4.51. The molecule has 0 spiro atoms. The van der Waals surface area contributed by atoms with Gasteiger partial charge in [0.1, 0.15) is 12.4 Å². The molecule has 0 fully saturated rings. The van der Waals surface area contributed by atoms with Gasteiger partial charge in [-0.3, -0.25) is 4.79 Å². The lowest BCUT2D eigenvalue weighted by atomic mass is 10.1. The van der Waals surface area contributed by atoms with E-state index >= 15 is 0 Å². The van der Waals surface area contributed by atoms with Crippen molar-refractivity contribution >= 4 is 5.97 Å². The van der Waals surface area contributed by atoms with E-state index in [9.17, 15) is 4.79 Å². The molecule has 5 heteroatoms. The quantitative estimate of drug-likeness (QED) is 0.666. The van der Waals surface area contributed by atoms with E-state index < -0.39 is 12.0 Å². The summed E-state index contributed by atoms with van der Waals surface area (Å²) >= 11 is 0. The number of nitrogens with one attached hydrogen (secondary N) is 1. The Morgan fingerprint density at radius 3 is 2.69 bits per heavy atom. The normalized spacial score (nSPS) is 12.4. The Morgan fingerprint density at radius 2 is 2.23 bits per heavy atom. The topological polar surface area (TPSA) is 75.1 Å². The Labute approximate surface area is 75.8 Å². The highest BCUT2D eigenvalue weighted by molar-refractivity contribution is 5.73. The molecule has 0 saturated heterocycles. The maximum atomic E-state index is 10.6. The number of carboxylic acid groups (broad SMARTS) is 1. The standard InChI is InChI=1S/C8H11N3O2/c1-9-7(8(12)13)2-6-3-10-5-11-4-6/h3-5,7,9H,2H2,1H3,(H,12,13)/t7-/m0/s1. The summed E-state index contributed by atoms with van der Waals surface area (Å²) in [7, 11) is 1.61. The molecule has 0 unspecified atom stereocenters. The van der Waals surface area contributed by atoms with Crippen molar-refractivity contribution in [2.24, 2.45) is 0 Å². The summed E-state index contributed by atoms with van der Waals surface area (Å²) in [5.74, 6) is -0.869. The molecule has 0 aliphatic heterocycles. The Hall–Kier alpha value is -1.49. The van der Waals surface area contributed by atoms with Gasteiger partial charge in [0, 0.05) is 18.8 Å². The third-order valence-electron chi connectivity index (χ3n) is 1.70. The van der Waals surface area contributed by atoms with Crippen LogP contribution in [-0.2, 0) is 11.2 Å². The SMILES string of the molecule is CN[C@@H](Cc1cncnc1)C(=O)O. The lowest BCUT2D eigenvalue weighted by Gasteiger charge is -2.09. The molecule has 1 atom stereocenters. The highest BCUT2D eigenvalue weighted by atomic mass is 16.4. The number of rotatable bonds is 4. The van der Waals surface area contributed by atoms with Crippen LogP contribution in [0.25, 0.3) is 0 Å². The number of carboxylic acids is 1. The van der Waals surface area contributed by atoms with E-state index in [0.717, 1.165) is 5.56 Å². The lowest BCUT2D eigenvalue weighted by molar-refractivity contribution is -0.139. The average Bonchev–Trinajstić information content (AvgIpc) is 2.15. The second-order valence-electron chi connectivity index (χ2n) is 2.63. The molecular formula is C8H11N3O2. The lowest BCUT2D eigenvalue weighted by Crippen LogP contribution is -2.35. The zero-order chi connectivity index (χ0) is 9.68. The number of hydrogen-bond acceptors (Lipinski definition) is 4. The van der Waals surface area contributed by atoms with E-state index in [-0.39, 0.29) is 0 Å². The number of likely N-dealkylation sites (N-methyl/N-ethyl adjacent to an activating group) is 1. The molecule has 2 N–H and O–H groups in total. The number of aliphatic carboxylic acids is 1. The average molecular weight is 181 g/mol. The van der Waals surface area contributed by atoms with Crippen LogP contribution in [0.2, 0.25) is 0 Å². The third kappa shape index (κ3) is 2.79. The Bertz CT molecular complexity index is 276. The molecule has 1 aromatic heterocycles. The molecule has 13 heavy (non-hydrogen) atoms. The molecule has 0 aliphatic rings. The van der Waals surface area contributed by atoms with Gasteiger partial charge in [-0.05, 0) is 12.6 Å². The van der Waals surface area contributed by atoms with Crippen molar-refractivity contribution in [3.05, 3.63) is 24.3 Å². The number of aromatic nitrogens is 2. The predicted molar refractivity (Wildman–Crippen MR) is 46.2 cm³/mol. The summed E-state index contributed by atoms with van der Waals surface area (Å²) in [6.45, 7) is 0. The summed E-state index contributed by atoms with van der Waals surface area (Å²) in [4.78, 5) is 18.2. The predicted octanol–water partition coefficient (Wildman–Crippen LogP) is -0.308. The summed E-state index contributed by atoms with van der Waals surface area (Å²) in [6, 6.07) is -0.578. The van der Waals surface area contributed by atoms with E-state index in [0.29, 0.717) is 6.42 Å². The minimum atomic E-state index is -0.869. The fourth-order valence-electron chi connectivity index (χ4n) is 0.984. The molecule has 1 rings (SSSR count). The molecule has 0 aromatic carbocycles. The third-order valence-corrected chi connectivity index (χ3v) is 1.70. The van der Waals surface area contributed by atoms with Gasteiger partial charge in [-0.15, -0.1) is 0 Å². The van der Waals surface area contributed by atoms with Crippen LogP contribution in [0.1, 0.15) is 5.56 Å². The molecular weight excluding hydrogens is 170 g/mol. The minimum absolute atomic E-state index is 0.396. The van der Waals surface area contributed by atoms with Gasteiger partial charge in [-0.25, -0.2) is 9.97 Å². The number of carbonyl (C=O) groups is 1.